The summed E-state index contributed by atoms with van der Waals surface area (Å²) in [6, 6.07) is 0. The Balaban J connectivity index is 4.43. The zero-order valence-corrected chi connectivity index (χ0v) is 10.8. The first-order valence-corrected chi connectivity index (χ1v) is 7.21. The molecule has 0 bridgehead atoms. The van der Waals surface area contributed by atoms with Gasteiger partial charge >= 0.3 is 0 Å². The van der Waals surface area contributed by atoms with E-state index >= 15 is 0 Å². The molecule has 0 atom stereocenters. The molecule has 0 aliphatic carbocycles. The number of halogens is 1. The lowest BCUT2D eigenvalue weighted by Gasteiger charge is -2.39. The van der Waals surface area contributed by atoms with Crippen LogP contribution in [0.4, 0.5) is 0 Å². The van der Waals surface area contributed by atoms with E-state index in [0.717, 1.165) is 5.54 Å². The summed E-state index contributed by atoms with van der Waals surface area (Å²) in [5.41, 5.74) is 1.48. The molecule has 0 fully saturated rings. The Morgan fingerprint density at radius 3 is 1.18 bits per heavy atom. The highest BCUT2D eigenvalue weighted by atomic mass is 35.6. The van der Waals surface area contributed by atoms with Crippen molar-refractivity contribution in [3.05, 3.63) is 0 Å². The van der Waals surface area contributed by atoms with Gasteiger partial charge in [0.15, 0.2) is 0 Å². The minimum Gasteiger partial charge on any atom is -0.176 e. The van der Waals surface area contributed by atoms with Crippen molar-refractivity contribution in [2.45, 2.75) is 47.1 Å². The Morgan fingerprint density at radius 2 is 1.18 bits per heavy atom. The molecule has 0 nitrogen and oxygen atoms in total. The molecule has 0 amide bonds. The van der Waals surface area contributed by atoms with E-state index in [1.807, 2.05) is 0 Å². The van der Waals surface area contributed by atoms with Crippen LogP contribution in [-0.2, 0) is 0 Å². The normalized spacial score (nSPS) is 15.3. The lowest BCUT2D eigenvalue weighted by molar-refractivity contribution is 0.234. The van der Waals surface area contributed by atoms with E-state index < -0.39 is 8.83 Å². The molecule has 0 aromatic heterocycles. The van der Waals surface area contributed by atoms with Crippen molar-refractivity contribution in [1.82, 2.24) is 0 Å². The van der Waals surface area contributed by atoms with Crippen molar-refractivity contribution in [2.24, 2.45) is 10.8 Å². The zero-order valence-electron chi connectivity index (χ0n) is 8.66. The fraction of sp³-hybridized carbons (Fsp3) is 1.00. The molecular weight excluding hydrogens is 172 g/mol. The minimum atomic E-state index is -0.408. The topological polar surface area (TPSA) is 0 Å². The molecule has 0 heterocycles. The molecule has 0 aromatic rings. The third-order valence-corrected chi connectivity index (χ3v) is 5.93. The third-order valence-electron chi connectivity index (χ3n) is 2.25. The predicted octanol–water partition coefficient (Wildman–Crippen LogP) is 3.19. The molecule has 0 rings (SSSR count). The van der Waals surface area contributed by atoms with Crippen molar-refractivity contribution >= 4 is 19.9 Å². The van der Waals surface area contributed by atoms with Gasteiger partial charge in [0.2, 0.25) is 0 Å². The van der Waals surface area contributed by atoms with Crippen LogP contribution in [0.15, 0.2) is 0 Å². The van der Waals surface area contributed by atoms with E-state index in [4.69, 9.17) is 11.1 Å². The van der Waals surface area contributed by atoms with Crippen molar-refractivity contribution in [2.75, 3.05) is 0 Å². The SMILES string of the molecule is CC(C)(C)C([SiH2]Cl)C(C)(C)C. The summed E-state index contributed by atoms with van der Waals surface area (Å²) in [6.45, 7) is 13.7. The summed E-state index contributed by atoms with van der Waals surface area (Å²) in [5, 5.41) is 0. The lowest BCUT2D eigenvalue weighted by atomic mass is 9.77. The third kappa shape index (κ3) is 3.61. The van der Waals surface area contributed by atoms with Gasteiger partial charge in [0, 0.05) is 0 Å². The molecular formula is C9H21ClSi. The van der Waals surface area contributed by atoms with E-state index in [0.29, 0.717) is 10.8 Å². The van der Waals surface area contributed by atoms with Crippen LogP contribution in [0, 0.1) is 10.8 Å². The zero-order chi connectivity index (χ0) is 9.28. The van der Waals surface area contributed by atoms with Gasteiger partial charge in [0.05, 0.1) is 0 Å². The summed E-state index contributed by atoms with van der Waals surface area (Å²) >= 11 is 6.08. The molecule has 0 N–H and O–H groups in total. The molecule has 0 radical (unpaired) electrons. The molecule has 0 unspecified atom stereocenters. The monoisotopic (exact) mass is 192 g/mol. The molecule has 11 heavy (non-hydrogen) atoms. The maximum atomic E-state index is 6.08. The van der Waals surface area contributed by atoms with Gasteiger partial charge in [-0.05, 0) is 16.4 Å². The van der Waals surface area contributed by atoms with Crippen molar-refractivity contribution in [1.29, 1.82) is 0 Å². The lowest BCUT2D eigenvalue weighted by Crippen LogP contribution is -2.29. The summed E-state index contributed by atoms with van der Waals surface area (Å²) in [4.78, 5) is 0. The fourth-order valence-corrected chi connectivity index (χ4v) is 5.47. The quantitative estimate of drug-likeness (QED) is 0.442. The Bertz CT molecular complexity index is 105. The van der Waals surface area contributed by atoms with E-state index in [2.05, 4.69) is 41.5 Å². The van der Waals surface area contributed by atoms with E-state index in [1.54, 1.807) is 0 Å². The summed E-state index contributed by atoms with van der Waals surface area (Å²) < 4.78 is 0. The van der Waals surface area contributed by atoms with Crippen molar-refractivity contribution < 1.29 is 0 Å². The standard InChI is InChI=1S/C9H21ClSi/c1-8(2,3)7(11-10)9(4,5)6/h7H,11H2,1-6H3. The highest BCUT2D eigenvalue weighted by Crippen LogP contribution is 2.44. The van der Waals surface area contributed by atoms with Gasteiger partial charge in [-0.2, -0.15) is 11.1 Å². The van der Waals surface area contributed by atoms with Crippen LogP contribution in [0.1, 0.15) is 41.5 Å². The van der Waals surface area contributed by atoms with Gasteiger partial charge < -0.3 is 0 Å². The summed E-state index contributed by atoms with van der Waals surface area (Å²) in [5.74, 6) is 0. The summed E-state index contributed by atoms with van der Waals surface area (Å²) in [6.07, 6.45) is 0. The second-order valence-corrected chi connectivity index (χ2v) is 7.49. The second-order valence-electron chi connectivity index (χ2n) is 5.44. The van der Waals surface area contributed by atoms with Crippen LogP contribution < -0.4 is 0 Å². The average molecular weight is 193 g/mol. The van der Waals surface area contributed by atoms with Crippen LogP contribution >= 0.6 is 11.1 Å². The first-order chi connectivity index (χ1) is 4.69. The summed E-state index contributed by atoms with van der Waals surface area (Å²) in [7, 11) is -0.408. The van der Waals surface area contributed by atoms with Crippen molar-refractivity contribution in [3.63, 3.8) is 0 Å². The predicted molar refractivity (Wildman–Crippen MR) is 57.1 cm³/mol. The van der Waals surface area contributed by atoms with Crippen LogP contribution in [0.2, 0.25) is 5.54 Å². The maximum Gasteiger partial charge on any atom is 0.129 e. The minimum absolute atomic E-state index is 0.381. The van der Waals surface area contributed by atoms with Gasteiger partial charge in [0.25, 0.3) is 0 Å². The largest absolute Gasteiger partial charge is 0.176 e. The smallest absolute Gasteiger partial charge is 0.129 e. The first-order valence-electron chi connectivity index (χ1n) is 4.25. The van der Waals surface area contributed by atoms with Crippen LogP contribution in [-0.4, -0.2) is 8.83 Å². The molecule has 0 spiro atoms. The highest BCUT2D eigenvalue weighted by molar-refractivity contribution is 6.94. The van der Waals surface area contributed by atoms with Crippen LogP contribution in [0.3, 0.4) is 0 Å². The Labute approximate surface area is 78.2 Å². The molecule has 0 saturated carbocycles. The second kappa shape index (κ2) is 3.49. The van der Waals surface area contributed by atoms with Gasteiger partial charge in [-0.15, -0.1) is 0 Å². The average Bonchev–Trinajstić information content (AvgIpc) is 1.56. The molecule has 0 saturated heterocycles. The Hall–Kier alpha value is 0.507. The van der Waals surface area contributed by atoms with E-state index in [9.17, 15) is 0 Å². The van der Waals surface area contributed by atoms with Crippen LogP contribution in [0.25, 0.3) is 0 Å². The molecule has 0 aromatic carbocycles. The molecule has 2 heteroatoms. The number of hydrogen-bond donors (Lipinski definition) is 0. The number of hydrogen-bond acceptors (Lipinski definition) is 0. The fourth-order valence-electron chi connectivity index (χ4n) is 1.76. The van der Waals surface area contributed by atoms with Gasteiger partial charge in [0.1, 0.15) is 8.83 Å². The Kier molecular flexibility index (Phi) is 3.65. The first kappa shape index (κ1) is 11.5. The van der Waals surface area contributed by atoms with E-state index in [1.165, 1.54) is 0 Å². The van der Waals surface area contributed by atoms with E-state index in [-0.39, 0.29) is 0 Å². The Morgan fingerprint density at radius 1 is 0.909 bits per heavy atom. The molecule has 68 valence electrons. The highest BCUT2D eigenvalue weighted by Gasteiger charge is 2.33. The van der Waals surface area contributed by atoms with Crippen LogP contribution in [0.5, 0.6) is 0 Å². The van der Waals surface area contributed by atoms with Gasteiger partial charge in [-0.25, -0.2) is 0 Å². The van der Waals surface area contributed by atoms with Gasteiger partial charge in [-0.3, -0.25) is 0 Å². The van der Waals surface area contributed by atoms with Crippen molar-refractivity contribution in [3.8, 4) is 0 Å². The van der Waals surface area contributed by atoms with Gasteiger partial charge in [-0.1, -0.05) is 41.5 Å². The number of rotatable bonds is 1. The molecule has 0 aliphatic heterocycles. The maximum absolute atomic E-state index is 6.08. The molecule has 0 aliphatic rings.